The van der Waals surface area contributed by atoms with Crippen LogP contribution >= 0.6 is 0 Å². The molecule has 1 unspecified atom stereocenters. The fourth-order valence-electron chi connectivity index (χ4n) is 1.90. The molecule has 0 bridgehead atoms. The molecule has 0 saturated carbocycles. The van der Waals surface area contributed by atoms with Crippen LogP contribution < -0.4 is 0 Å². The van der Waals surface area contributed by atoms with E-state index in [0.29, 0.717) is 13.2 Å². The molecule has 1 aliphatic heterocycles. The molecule has 4 heteroatoms. The number of rotatable bonds is 8. The van der Waals surface area contributed by atoms with Crippen molar-refractivity contribution in [3.63, 3.8) is 0 Å². The van der Waals surface area contributed by atoms with Crippen molar-refractivity contribution in [2.45, 2.75) is 58.0 Å². The largest absolute Gasteiger partial charge is 0.464 e. The van der Waals surface area contributed by atoms with Crippen molar-refractivity contribution in [2.24, 2.45) is 0 Å². The molecule has 0 spiro atoms. The van der Waals surface area contributed by atoms with Crippen LogP contribution in [0.2, 0.25) is 0 Å². The van der Waals surface area contributed by atoms with E-state index in [0.717, 1.165) is 12.8 Å². The van der Waals surface area contributed by atoms with Gasteiger partial charge in [0.15, 0.2) is 0 Å². The molecule has 100 valence electrons. The molecule has 1 fully saturated rings. The third kappa shape index (κ3) is 4.28. The lowest BCUT2D eigenvalue weighted by Gasteiger charge is -2.23. The Labute approximate surface area is 104 Å². The Morgan fingerprint density at radius 1 is 1.41 bits per heavy atom. The number of aliphatic hydroxyl groups is 1. The Balaban J connectivity index is 2.15. The highest BCUT2D eigenvalue weighted by molar-refractivity contribution is 5.79. The molecule has 2 atom stereocenters. The van der Waals surface area contributed by atoms with Crippen LogP contribution in [-0.4, -0.2) is 47.3 Å². The third-order valence-electron chi connectivity index (χ3n) is 3.29. The normalized spacial score (nSPS) is 23.5. The summed E-state index contributed by atoms with van der Waals surface area (Å²) in [7, 11) is 0. The molecule has 1 rings (SSSR count). The molecule has 1 aliphatic rings. The SMILES string of the molecule is CCCCCCOC(=O)[C@@H]1CN1C(C)(C)CO. The van der Waals surface area contributed by atoms with E-state index in [2.05, 4.69) is 6.92 Å². The van der Waals surface area contributed by atoms with E-state index in [1.54, 1.807) is 0 Å². The highest BCUT2D eigenvalue weighted by Gasteiger charge is 2.49. The van der Waals surface area contributed by atoms with Gasteiger partial charge in [-0.3, -0.25) is 9.69 Å². The Hall–Kier alpha value is -0.610. The minimum Gasteiger partial charge on any atom is -0.464 e. The number of ether oxygens (including phenoxy) is 1. The van der Waals surface area contributed by atoms with Crippen LogP contribution in [0.4, 0.5) is 0 Å². The molecule has 1 heterocycles. The van der Waals surface area contributed by atoms with E-state index in [9.17, 15) is 9.90 Å². The van der Waals surface area contributed by atoms with Crippen molar-refractivity contribution in [3.8, 4) is 0 Å². The van der Waals surface area contributed by atoms with Gasteiger partial charge in [-0.15, -0.1) is 0 Å². The van der Waals surface area contributed by atoms with Crippen LogP contribution in [0.15, 0.2) is 0 Å². The van der Waals surface area contributed by atoms with E-state index in [1.807, 2.05) is 18.7 Å². The van der Waals surface area contributed by atoms with E-state index in [4.69, 9.17) is 4.74 Å². The van der Waals surface area contributed by atoms with Crippen molar-refractivity contribution < 1.29 is 14.6 Å². The quantitative estimate of drug-likeness (QED) is 0.399. The summed E-state index contributed by atoms with van der Waals surface area (Å²) in [5.41, 5.74) is -0.314. The number of unbranched alkanes of at least 4 members (excludes halogenated alkanes) is 3. The van der Waals surface area contributed by atoms with Gasteiger partial charge in [-0.25, -0.2) is 0 Å². The number of hydrogen-bond acceptors (Lipinski definition) is 4. The lowest BCUT2D eigenvalue weighted by Crippen LogP contribution is -2.37. The predicted octanol–water partition coefficient (Wildman–Crippen LogP) is 1.56. The first-order valence-electron chi connectivity index (χ1n) is 6.57. The van der Waals surface area contributed by atoms with Gasteiger partial charge < -0.3 is 9.84 Å². The van der Waals surface area contributed by atoms with Crippen LogP contribution in [0.1, 0.15) is 46.5 Å². The second-order valence-corrected chi connectivity index (χ2v) is 5.37. The smallest absolute Gasteiger partial charge is 0.324 e. The Morgan fingerprint density at radius 2 is 2.12 bits per heavy atom. The molecule has 0 aliphatic carbocycles. The van der Waals surface area contributed by atoms with Crippen LogP contribution in [0.25, 0.3) is 0 Å². The molecule has 0 aromatic rings. The molecule has 0 radical (unpaired) electrons. The summed E-state index contributed by atoms with van der Waals surface area (Å²) in [6.45, 7) is 7.32. The van der Waals surface area contributed by atoms with Crippen molar-refractivity contribution in [1.82, 2.24) is 4.90 Å². The van der Waals surface area contributed by atoms with Crippen LogP contribution in [0.3, 0.4) is 0 Å². The van der Waals surface area contributed by atoms with Crippen molar-refractivity contribution in [1.29, 1.82) is 0 Å². The summed E-state index contributed by atoms with van der Waals surface area (Å²) in [6.07, 6.45) is 4.47. The average molecular weight is 243 g/mol. The minimum atomic E-state index is -0.314. The molecule has 4 nitrogen and oxygen atoms in total. The van der Waals surface area contributed by atoms with Crippen molar-refractivity contribution in [3.05, 3.63) is 0 Å². The van der Waals surface area contributed by atoms with Gasteiger partial charge in [0.25, 0.3) is 0 Å². The molecule has 1 N–H and O–H groups in total. The van der Waals surface area contributed by atoms with Crippen molar-refractivity contribution in [2.75, 3.05) is 19.8 Å². The van der Waals surface area contributed by atoms with Crippen molar-refractivity contribution >= 4 is 5.97 Å². The van der Waals surface area contributed by atoms with Gasteiger partial charge in [-0.2, -0.15) is 0 Å². The first kappa shape index (κ1) is 14.5. The zero-order valence-electron chi connectivity index (χ0n) is 11.2. The maximum Gasteiger partial charge on any atom is 0.324 e. The summed E-state index contributed by atoms with van der Waals surface area (Å²) in [4.78, 5) is 13.6. The topological polar surface area (TPSA) is 49.5 Å². The number of hydrogen-bond donors (Lipinski definition) is 1. The Kier molecular flexibility index (Phi) is 5.40. The fraction of sp³-hybridized carbons (Fsp3) is 0.923. The monoisotopic (exact) mass is 243 g/mol. The predicted molar refractivity (Wildman–Crippen MR) is 66.8 cm³/mol. The number of carbonyl (C=O) groups is 1. The van der Waals surface area contributed by atoms with Crippen LogP contribution in [-0.2, 0) is 9.53 Å². The van der Waals surface area contributed by atoms with Gasteiger partial charge in [-0.05, 0) is 20.3 Å². The molecular weight excluding hydrogens is 218 g/mol. The zero-order chi connectivity index (χ0) is 12.9. The van der Waals surface area contributed by atoms with E-state index in [1.165, 1.54) is 12.8 Å². The summed E-state index contributed by atoms with van der Waals surface area (Å²) in [5.74, 6) is -0.136. The van der Waals surface area contributed by atoms with E-state index < -0.39 is 0 Å². The summed E-state index contributed by atoms with van der Waals surface area (Å²) in [5, 5.41) is 9.18. The van der Waals surface area contributed by atoms with E-state index >= 15 is 0 Å². The van der Waals surface area contributed by atoms with Gasteiger partial charge in [-0.1, -0.05) is 26.2 Å². The molecular formula is C13H25NO3. The fourth-order valence-corrected chi connectivity index (χ4v) is 1.90. The van der Waals surface area contributed by atoms with Gasteiger partial charge in [0.2, 0.25) is 0 Å². The highest BCUT2D eigenvalue weighted by atomic mass is 16.5. The molecule has 17 heavy (non-hydrogen) atoms. The standard InChI is InChI=1S/C13H25NO3/c1-4-5-6-7-8-17-12(16)11-9-14(11)13(2,3)10-15/h11,15H,4-10H2,1-3H3/t11-,14?/m0/s1. The zero-order valence-corrected chi connectivity index (χ0v) is 11.2. The average Bonchev–Trinajstić information content (AvgIpc) is 3.09. The lowest BCUT2D eigenvalue weighted by molar-refractivity contribution is -0.144. The number of aliphatic hydroxyl groups excluding tert-OH is 1. The molecule has 0 aromatic carbocycles. The lowest BCUT2D eigenvalue weighted by atomic mass is 10.1. The number of nitrogens with zero attached hydrogens (tertiary/aromatic N) is 1. The van der Waals surface area contributed by atoms with Gasteiger partial charge in [0.05, 0.1) is 13.2 Å². The number of carbonyl (C=O) groups excluding carboxylic acids is 1. The maximum absolute atomic E-state index is 11.7. The van der Waals surface area contributed by atoms with Crippen LogP contribution in [0.5, 0.6) is 0 Å². The molecule has 1 saturated heterocycles. The maximum atomic E-state index is 11.7. The summed E-state index contributed by atoms with van der Waals surface area (Å²) < 4.78 is 5.22. The molecule has 0 aromatic heterocycles. The first-order chi connectivity index (χ1) is 8.03. The Bertz CT molecular complexity index is 253. The second kappa shape index (κ2) is 6.36. The summed E-state index contributed by atoms with van der Waals surface area (Å²) >= 11 is 0. The third-order valence-corrected chi connectivity index (χ3v) is 3.29. The van der Waals surface area contributed by atoms with Gasteiger partial charge in [0.1, 0.15) is 6.04 Å². The Morgan fingerprint density at radius 3 is 2.71 bits per heavy atom. The first-order valence-corrected chi connectivity index (χ1v) is 6.57. The van der Waals surface area contributed by atoms with Gasteiger partial charge in [0, 0.05) is 12.1 Å². The van der Waals surface area contributed by atoms with Crippen LogP contribution in [0, 0.1) is 0 Å². The van der Waals surface area contributed by atoms with E-state index in [-0.39, 0.29) is 24.2 Å². The molecule has 0 amide bonds. The van der Waals surface area contributed by atoms with Gasteiger partial charge >= 0.3 is 5.97 Å². The highest BCUT2D eigenvalue weighted by Crippen LogP contribution is 2.29. The minimum absolute atomic E-state index is 0.0628. The summed E-state index contributed by atoms with van der Waals surface area (Å²) in [6, 6.07) is -0.136. The number of esters is 1. The second-order valence-electron chi connectivity index (χ2n) is 5.37.